The molecule has 0 saturated carbocycles. The number of benzene rings is 1. The quantitative estimate of drug-likeness (QED) is 0.839. The molecule has 3 heterocycles. The van der Waals surface area contributed by atoms with Gasteiger partial charge in [-0.3, -0.25) is 9.59 Å². The zero-order valence-corrected chi connectivity index (χ0v) is 14.5. The highest BCUT2D eigenvalue weighted by molar-refractivity contribution is 5.93. The van der Waals surface area contributed by atoms with Crippen molar-refractivity contribution in [1.29, 1.82) is 0 Å². The Balaban J connectivity index is 1.36. The van der Waals surface area contributed by atoms with Crippen LogP contribution in [0.2, 0.25) is 0 Å². The van der Waals surface area contributed by atoms with E-state index in [-0.39, 0.29) is 17.9 Å². The van der Waals surface area contributed by atoms with Crippen molar-refractivity contribution in [3.05, 3.63) is 42.1 Å². The molecule has 26 heavy (non-hydrogen) atoms. The van der Waals surface area contributed by atoms with Crippen LogP contribution in [0, 0.1) is 0 Å². The van der Waals surface area contributed by atoms with E-state index in [9.17, 15) is 9.59 Å². The van der Waals surface area contributed by atoms with Crippen LogP contribution < -0.4 is 0 Å². The molecule has 7 heteroatoms. The fourth-order valence-corrected chi connectivity index (χ4v) is 3.38. The molecule has 0 aliphatic carbocycles. The summed E-state index contributed by atoms with van der Waals surface area (Å²) in [6, 6.07) is 11.2. The number of ether oxygens (including phenoxy) is 1. The van der Waals surface area contributed by atoms with E-state index in [1.807, 2.05) is 30.3 Å². The van der Waals surface area contributed by atoms with Gasteiger partial charge >= 0.3 is 0 Å². The van der Waals surface area contributed by atoms with Crippen LogP contribution in [-0.4, -0.2) is 65.7 Å². The highest BCUT2D eigenvalue weighted by Crippen LogP contribution is 2.21. The Morgan fingerprint density at radius 2 is 1.77 bits per heavy atom. The molecule has 2 saturated heterocycles. The Morgan fingerprint density at radius 3 is 2.46 bits per heavy atom. The second-order valence-electron chi connectivity index (χ2n) is 6.56. The van der Waals surface area contributed by atoms with Crippen LogP contribution in [0.1, 0.15) is 23.3 Å². The molecule has 4 rings (SSSR count). The molecule has 1 atom stereocenters. The van der Waals surface area contributed by atoms with Crippen molar-refractivity contribution in [2.24, 2.45) is 0 Å². The standard InChI is InChI=1S/C19H21N3O4/c23-18(15-13-17(26-20-15)14-5-2-1-3-6-14)21-8-10-22(11-9-21)19(24)16-7-4-12-25-16/h1-3,5-6,13,16H,4,7-12H2/t16-/m1/s1. The molecule has 2 fully saturated rings. The summed E-state index contributed by atoms with van der Waals surface area (Å²) in [7, 11) is 0. The summed E-state index contributed by atoms with van der Waals surface area (Å²) in [6.07, 6.45) is 1.42. The zero-order chi connectivity index (χ0) is 17.9. The number of hydrogen-bond donors (Lipinski definition) is 0. The Bertz CT molecular complexity index is 775. The maximum Gasteiger partial charge on any atom is 0.276 e. The van der Waals surface area contributed by atoms with Gasteiger partial charge in [0, 0.05) is 44.4 Å². The minimum atomic E-state index is -0.304. The van der Waals surface area contributed by atoms with Crippen molar-refractivity contribution in [3.63, 3.8) is 0 Å². The highest BCUT2D eigenvalue weighted by atomic mass is 16.5. The van der Waals surface area contributed by atoms with Crippen LogP contribution in [0.25, 0.3) is 11.3 Å². The molecule has 0 bridgehead atoms. The normalized spacial score (nSPS) is 20.4. The molecule has 0 spiro atoms. The average molecular weight is 355 g/mol. The van der Waals surface area contributed by atoms with Crippen LogP contribution in [0.3, 0.4) is 0 Å². The van der Waals surface area contributed by atoms with E-state index in [1.165, 1.54) is 0 Å². The smallest absolute Gasteiger partial charge is 0.276 e. The third-order valence-corrected chi connectivity index (χ3v) is 4.87. The second-order valence-corrected chi connectivity index (χ2v) is 6.56. The summed E-state index contributed by atoms with van der Waals surface area (Å²) >= 11 is 0. The topological polar surface area (TPSA) is 75.9 Å². The number of aromatic nitrogens is 1. The minimum absolute atomic E-state index is 0.0439. The second kappa shape index (κ2) is 7.29. The Hall–Kier alpha value is -2.67. The van der Waals surface area contributed by atoms with Crippen molar-refractivity contribution in [2.45, 2.75) is 18.9 Å². The number of carbonyl (C=O) groups excluding carboxylic acids is 2. The van der Waals surface area contributed by atoms with Gasteiger partial charge in [0.25, 0.3) is 11.8 Å². The first-order valence-electron chi connectivity index (χ1n) is 8.94. The van der Waals surface area contributed by atoms with Gasteiger partial charge in [0.2, 0.25) is 0 Å². The largest absolute Gasteiger partial charge is 0.368 e. The van der Waals surface area contributed by atoms with Gasteiger partial charge in [0.15, 0.2) is 11.5 Å². The van der Waals surface area contributed by atoms with Gasteiger partial charge < -0.3 is 19.1 Å². The Morgan fingerprint density at radius 1 is 1.04 bits per heavy atom. The highest BCUT2D eigenvalue weighted by Gasteiger charge is 2.32. The van der Waals surface area contributed by atoms with Crippen molar-refractivity contribution >= 4 is 11.8 Å². The summed E-state index contributed by atoms with van der Waals surface area (Å²) in [5.74, 6) is 0.448. The Labute approximate surface area is 151 Å². The fourth-order valence-electron chi connectivity index (χ4n) is 3.38. The maximum absolute atomic E-state index is 12.7. The summed E-state index contributed by atoms with van der Waals surface area (Å²) in [5, 5.41) is 3.92. The number of nitrogens with zero attached hydrogens (tertiary/aromatic N) is 3. The van der Waals surface area contributed by atoms with Gasteiger partial charge in [-0.25, -0.2) is 0 Å². The number of amides is 2. The molecule has 1 aromatic carbocycles. The van der Waals surface area contributed by atoms with Gasteiger partial charge in [-0.2, -0.15) is 0 Å². The lowest BCUT2D eigenvalue weighted by Crippen LogP contribution is -2.52. The van der Waals surface area contributed by atoms with Crippen LogP contribution in [0.15, 0.2) is 40.9 Å². The van der Waals surface area contributed by atoms with E-state index < -0.39 is 0 Å². The maximum atomic E-state index is 12.7. The lowest BCUT2D eigenvalue weighted by molar-refractivity contribution is -0.142. The predicted molar refractivity (Wildman–Crippen MR) is 93.4 cm³/mol. The third-order valence-electron chi connectivity index (χ3n) is 4.87. The monoisotopic (exact) mass is 355 g/mol. The summed E-state index contributed by atoms with van der Waals surface area (Å²) in [4.78, 5) is 28.5. The van der Waals surface area contributed by atoms with Gasteiger partial charge in [-0.1, -0.05) is 35.5 Å². The van der Waals surface area contributed by atoms with Crippen LogP contribution in [0.4, 0.5) is 0 Å². The number of rotatable bonds is 3. The predicted octanol–water partition coefficient (Wildman–Crippen LogP) is 1.80. The molecule has 7 nitrogen and oxygen atoms in total. The molecule has 0 radical (unpaired) electrons. The number of carbonyl (C=O) groups is 2. The summed E-state index contributed by atoms with van der Waals surface area (Å²) < 4.78 is 10.8. The van der Waals surface area contributed by atoms with Crippen LogP contribution in [0.5, 0.6) is 0 Å². The SMILES string of the molecule is O=C(c1cc(-c2ccccc2)on1)N1CCN(C(=O)[C@H]2CCCO2)CC1. The van der Waals surface area contributed by atoms with Gasteiger partial charge in [-0.15, -0.1) is 0 Å². The molecular formula is C19H21N3O4. The van der Waals surface area contributed by atoms with E-state index in [0.717, 1.165) is 18.4 Å². The lowest BCUT2D eigenvalue weighted by Gasteiger charge is -2.35. The molecule has 1 aromatic heterocycles. The molecule has 0 N–H and O–H groups in total. The van der Waals surface area contributed by atoms with Crippen molar-refractivity contribution in [1.82, 2.24) is 15.0 Å². The van der Waals surface area contributed by atoms with Gasteiger partial charge in [0.1, 0.15) is 6.10 Å². The number of piperazine rings is 1. The third kappa shape index (κ3) is 3.35. The van der Waals surface area contributed by atoms with Gasteiger partial charge in [0.05, 0.1) is 0 Å². The molecule has 2 aromatic rings. The molecule has 0 unspecified atom stereocenters. The first-order valence-corrected chi connectivity index (χ1v) is 8.94. The van der Waals surface area contributed by atoms with Crippen molar-refractivity contribution in [2.75, 3.05) is 32.8 Å². The molecule has 2 aliphatic heterocycles. The van der Waals surface area contributed by atoms with E-state index in [1.54, 1.807) is 15.9 Å². The number of hydrogen-bond acceptors (Lipinski definition) is 5. The minimum Gasteiger partial charge on any atom is -0.368 e. The molecular weight excluding hydrogens is 334 g/mol. The first-order chi connectivity index (χ1) is 12.7. The van der Waals surface area contributed by atoms with Crippen molar-refractivity contribution < 1.29 is 18.8 Å². The molecule has 2 amide bonds. The summed E-state index contributed by atoms with van der Waals surface area (Å²) in [6.45, 7) is 2.68. The average Bonchev–Trinajstić information content (AvgIpc) is 3.40. The van der Waals surface area contributed by atoms with E-state index in [2.05, 4.69) is 5.16 Å². The van der Waals surface area contributed by atoms with E-state index in [4.69, 9.17) is 9.26 Å². The van der Waals surface area contributed by atoms with E-state index in [0.29, 0.717) is 44.2 Å². The van der Waals surface area contributed by atoms with Crippen LogP contribution >= 0.6 is 0 Å². The molecule has 136 valence electrons. The van der Waals surface area contributed by atoms with Gasteiger partial charge in [-0.05, 0) is 12.8 Å². The zero-order valence-electron chi connectivity index (χ0n) is 14.5. The first kappa shape index (κ1) is 16.8. The Kier molecular flexibility index (Phi) is 4.71. The lowest BCUT2D eigenvalue weighted by atomic mass is 10.1. The van der Waals surface area contributed by atoms with Crippen molar-refractivity contribution in [3.8, 4) is 11.3 Å². The van der Waals surface area contributed by atoms with Crippen LogP contribution in [-0.2, 0) is 9.53 Å². The fraction of sp³-hybridized carbons (Fsp3) is 0.421. The molecule has 2 aliphatic rings. The summed E-state index contributed by atoms with van der Waals surface area (Å²) in [5.41, 5.74) is 1.17. The van der Waals surface area contributed by atoms with E-state index >= 15 is 0 Å².